The quantitative estimate of drug-likeness (QED) is 0.545. The molecule has 0 aliphatic carbocycles. The Labute approximate surface area is 80.4 Å². The van der Waals surface area contributed by atoms with Crippen molar-refractivity contribution in [3.8, 4) is 0 Å². The summed E-state index contributed by atoms with van der Waals surface area (Å²) in [5.41, 5.74) is 0. The van der Waals surface area contributed by atoms with Crippen LogP contribution in [0.1, 0.15) is 33.6 Å². The molecule has 0 fully saturated rings. The van der Waals surface area contributed by atoms with Crippen molar-refractivity contribution >= 4 is 5.78 Å². The van der Waals surface area contributed by atoms with E-state index in [1.165, 1.54) is 0 Å². The number of rotatable bonds is 8. The van der Waals surface area contributed by atoms with E-state index < -0.39 is 0 Å². The summed E-state index contributed by atoms with van der Waals surface area (Å²) in [5.74, 6) is 0.224. The third kappa shape index (κ3) is 11.6. The first kappa shape index (κ1) is 12.6. The first-order valence-electron chi connectivity index (χ1n) is 4.81. The van der Waals surface area contributed by atoms with Gasteiger partial charge in [-0.15, -0.1) is 0 Å². The van der Waals surface area contributed by atoms with Gasteiger partial charge in [-0.2, -0.15) is 0 Å². The molecule has 0 aliphatic heterocycles. The fraction of sp³-hybridized carbons (Fsp3) is 0.900. The zero-order valence-electron chi connectivity index (χ0n) is 8.84. The summed E-state index contributed by atoms with van der Waals surface area (Å²) in [4.78, 5) is 10.5. The predicted molar refractivity (Wildman–Crippen MR) is 51.8 cm³/mol. The van der Waals surface area contributed by atoms with Crippen LogP contribution in [0.4, 0.5) is 0 Å². The van der Waals surface area contributed by atoms with E-state index in [1.807, 2.05) is 13.8 Å². The van der Waals surface area contributed by atoms with Crippen molar-refractivity contribution in [3.63, 3.8) is 0 Å². The van der Waals surface area contributed by atoms with E-state index in [9.17, 15) is 4.79 Å². The highest BCUT2D eigenvalue weighted by molar-refractivity contribution is 5.75. The van der Waals surface area contributed by atoms with E-state index in [2.05, 4.69) is 0 Å². The molecule has 0 aliphatic rings. The van der Waals surface area contributed by atoms with E-state index in [0.717, 1.165) is 6.42 Å². The molecule has 0 amide bonds. The average Bonchev–Trinajstić information content (AvgIpc) is 2.01. The summed E-state index contributed by atoms with van der Waals surface area (Å²) in [5, 5.41) is 0. The van der Waals surface area contributed by atoms with Gasteiger partial charge in [0.05, 0.1) is 19.3 Å². The lowest BCUT2D eigenvalue weighted by molar-refractivity contribution is -0.117. The second-order valence-electron chi connectivity index (χ2n) is 3.34. The normalized spacial score (nSPS) is 10.8. The molecule has 0 radical (unpaired) electrons. The summed E-state index contributed by atoms with van der Waals surface area (Å²) >= 11 is 0. The van der Waals surface area contributed by atoms with Crippen LogP contribution in [0.5, 0.6) is 0 Å². The van der Waals surface area contributed by atoms with Crippen LogP contribution in [-0.2, 0) is 14.3 Å². The van der Waals surface area contributed by atoms with Gasteiger partial charge in [0.2, 0.25) is 0 Å². The van der Waals surface area contributed by atoms with Crippen LogP contribution >= 0.6 is 0 Å². The predicted octanol–water partition coefficient (Wildman–Crippen LogP) is 1.80. The standard InChI is InChI=1S/C10H20O3/c1-9(2)13-8-7-12-6-4-5-10(3)11/h9H,4-8H2,1-3H3. The van der Waals surface area contributed by atoms with Gasteiger partial charge in [0.25, 0.3) is 0 Å². The first-order valence-corrected chi connectivity index (χ1v) is 4.81. The van der Waals surface area contributed by atoms with Crippen LogP contribution in [0.15, 0.2) is 0 Å². The second kappa shape index (κ2) is 8.20. The van der Waals surface area contributed by atoms with Crippen LogP contribution < -0.4 is 0 Å². The van der Waals surface area contributed by atoms with Crippen molar-refractivity contribution in [1.29, 1.82) is 0 Å². The zero-order chi connectivity index (χ0) is 10.1. The molecule has 0 aromatic rings. The topological polar surface area (TPSA) is 35.5 Å². The Morgan fingerprint density at radius 3 is 2.46 bits per heavy atom. The van der Waals surface area contributed by atoms with E-state index in [-0.39, 0.29) is 11.9 Å². The SMILES string of the molecule is CC(=O)CCCOCCOC(C)C. The molecular formula is C10H20O3. The van der Waals surface area contributed by atoms with Crippen LogP contribution in [0.3, 0.4) is 0 Å². The summed E-state index contributed by atoms with van der Waals surface area (Å²) in [7, 11) is 0. The summed E-state index contributed by atoms with van der Waals surface area (Å²) in [6, 6.07) is 0. The largest absolute Gasteiger partial charge is 0.379 e. The lowest BCUT2D eigenvalue weighted by Crippen LogP contribution is -2.10. The molecule has 0 atom stereocenters. The van der Waals surface area contributed by atoms with Crippen LogP contribution in [0.2, 0.25) is 0 Å². The lowest BCUT2D eigenvalue weighted by Gasteiger charge is -2.07. The Bertz CT molecular complexity index is 132. The number of Topliss-reactive ketones (excluding diaryl/α,β-unsaturated/α-hetero) is 1. The second-order valence-corrected chi connectivity index (χ2v) is 3.34. The Morgan fingerprint density at radius 2 is 1.92 bits per heavy atom. The van der Waals surface area contributed by atoms with Crippen molar-refractivity contribution in [2.45, 2.75) is 39.7 Å². The molecule has 78 valence electrons. The van der Waals surface area contributed by atoms with E-state index >= 15 is 0 Å². The lowest BCUT2D eigenvalue weighted by atomic mass is 10.2. The molecule has 3 heteroatoms. The number of ketones is 1. The minimum Gasteiger partial charge on any atom is -0.379 e. The van der Waals surface area contributed by atoms with Crippen LogP contribution in [0, 0.1) is 0 Å². The molecule has 13 heavy (non-hydrogen) atoms. The molecule has 0 aromatic heterocycles. The van der Waals surface area contributed by atoms with E-state index in [0.29, 0.717) is 26.2 Å². The average molecular weight is 188 g/mol. The van der Waals surface area contributed by atoms with Gasteiger partial charge in [0, 0.05) is 13.0 Å². The van der Waals surface area contributed by atoms with Crippen LogP contribution in [-0.4, -0.2) is 31.7 Å². The molecule has 0 saturated carbocycles. The zero-order valence-corrected chi connectivity index (χ0v) is 8.84. The van der Waals surface area contributed by atoms with Crippen molar-refractivity contribution < 1.29 is 14.3 Å². The highest BCUT2D eigenvalue weighted by Gasteiger charge is 1.95. The summed E-state index contributed by atoms with van der Waals surface area (Å²) in [6.07, 6.45) is 1.70. The highest BCUT2D eigenvalue weighted by Crippen LogP contribution is 1.92. The Hall–Kier alpha value is -0.410. The molecule has 0 rings (SSSR count). The maximum absolute atomic E-state index is 10.5. The van der Waals surface area contributed by atoms with Crippen molar-refractivity contribution in [2.24, 2.45) is 0 Å². The van der Waals surface area contributed by atoms with Crippen LogP contribution in [0.25, 0.3) is 0 Å². The van der Waals surface area contributed by atoms with Gasteiger partial charge < -0.3 is 14.3 Å². The fourth-order valence-electron chi connectivity index (χ4n) is 0.868. The van der Waals surface area contributed by atoms with Gasteiger partial charge in [-0.05, 0) is 27.2 Å². The number of carbonyl (C=O) groups excluding carboxylic acids is 1. The molecule has 3 nitrogen and oxygen atoms in total. The Balaban J connectivity index is 2.96. The Kier molecular flexibility index (Phi) is 7.94. The monoisotopic (exact) mass is 188 g/mol. The minimum absolute atomic E-state index is 0.224. The maximum atomic E-state index is 10.5. The van der Waals surface area contributed by atoms with Gasteiger partial charge in [-0.1, -0.05) is 0 Å². The minimum atomic E-state index is 0.224. The van der Waals surface area contributed by atoms with Crippen molar-refractivity contribution in [1.82, 2.24) is 0 Å². The summed E-state index contributed by atoms with van der Waals surface area (Å²) in [6.45, 7) is 7.50. The van der Waals surface area contributed by atoms with Gasteiger partial charge >= 0.3 is 0 Å². The molecule has 0 N–H and O–H groups in total. The van der Waals surface area contributed by atoms with Gasteiger partial charge in [-0.3, -0.25) is 0 Å². The van der Waals surface area contributed by atoms with Gasteiger partial charge in [0.15, 0.2) is 0 Å². The fourth-order valence-corrected chi connectivity index (χ4v) is 0.868. The number of hydrogen-bond acceptors (Lipinski definition) is 3. The van der Waals surface area contributed by atoms with E-state index in [1.54, 1.807) is 6.92 Å². The molecule has 0 aromatic carbocycles. The molecule has 0 unspecified atom stereocenters. The third-order valence-electron chi connectivity index (χ3n) is 1.50. The van der Waals surface area contributed by atoms with Gasteiger partial charge in [-0.25, -0.2) is 0 Å². The first-order chi connectivity index (χ1) is 6.13. The van der Waals surface area contributed by atoms with E-state index in [4.69, 9.17) is 9.47 Å². The number of ether oxygens (including phenoxy) is 2. The Morgan fingerprint density at radius 1 is 1.23 bits per heavy atom. The number of hydrogen-bond donors (Lipinski definition) is 0. The molecular weight excluding hydrogens is 168 g/mol. The molecule has 0 saturated heterocycles. The molecule has 0 bridgehead atoms. The molecule has 0 spiro atoms. The third-order valence-corrected chi connectivity index (χ3v) is 1.50. The highest BCUT2D eigenvalue weighted by atomic mass is 16.5. The molecule has 0 heterocycles. The summed E-state index contributed by atoms with van der Waals surface area (Å²) < 4.78 is 10.5. The number of carbonyl (C=O) groups is 1. The van der Waals surface area contributed by atoms with Crippen molar-refractivity contribution in [3.05, 3.63) is 0 Å². The smallest absolute Gasteiger partial charge is 0.129 e. The van der Waals surface area contributed by atoms with Gasteiger partial charge in [0.1, 0.15) is 5.78 Å². The van der Waals surface area contributed by atoms with Crippen molar-refractivity contribution in [2.75, 3.05) is 19.8 Å². The maximum Gasteiger partial charge on any atom is 0.129 e.